The van der Waals surface area contributed by atoms with E-state index in [1.54, 1.807) is 16.0 Å². The number of anilines is 1. The van der Waals surface area contributed by atoms with Crippen LogP contribution in [0.3, 0.4) is 0 Å². The molecule has 2 N–H and O–H groups in total. The standard InChI is InChI=1S/C12H14BrN3O2S2/c1-7-4-10(19-12(7)13)9-5-11(14)16(15-9)8-2-3-20(17,18)6-8/h4-5,8H,2-3,6,14H2,1H3. The molecule has 0 aromatic carbocycles. The molecule has 0 spiro atoms. The largest absolute Gasteiger partial charge is 0.384 e. The van der Waals surface area contributed by atoms with Gasteiger partial charge >= 0.3 is 0 Å². The number of hydrogen-bond acceptors (Lipinski definition) is 5. The van der Waals surface area contributed by atoms with Crippen molar-refractivity contribution in [2.75, 3.05) is 17.2 Å². The van der Waals surface area contributed by atoms with Crippen molar-refractivity contribution in [3.05, 3.63) is 21.5 Å². The number of nitrogens with zero attached hydrogens (tertiary/aromatic N) is 2. The smallest absolute Gasteiger partial charge is 0.152 e. The molecule has 2 aromatic heterocycles. The molecule has 1 fully saturated rings. The van der Waals surface area contributed by atoms with Crippen molar-refractivity contribution >= 4 is 42.9 Å². The second-order valence-electron chi connectivity index (χ2n) is 5.02. The van der Waals surface area contributed by atoms with Crippen LogP contribution in [0, 0.1) is 6.92 Å². The van der Waals surface area contributed by atoms with E-state index in [9.17, 15) is 8.42 Å². The summed E-state index contributed by atoms with van der Waals surface area (Å²) in [6, 6.07) is 3.72. The van der Waals surface area contributed by atoms with Crippen LogP contribution in [0.25, 0.3) is 10.6 Å². The Morgan fingerprint density at radius 1 is 1.50 bits per heavy atom. The minimum Gasteiger partial charge on any atom is -0.384 e. The molecule has 1 unspecified atom stereocenters. The third kappa shape index (κ3) is 2.51. The average molecular weight is 376 g/mol. The van der Waals surface area contributed by atoms with Crippen molar-refractivity contribution in [1.82, 2.24) is 9.78 Å². The maximum absolute atomic E-state index is 11.6. The first-order valence-electron chi connectivity index (χ1n) is 6.17. The van der Waals surface area contributed by atoms with Crippen molar-refractivity contribution in [1.29, 1.82) is 0 Å². The molecular formula is C12H14BrN3O2S2. The van der Waals surface area contributed by atoms with Crippen LogP contribution in [0.1, 0.15) is 18.0 Å². The Hall–Kier alpha value is -0.860. The summed E-state index contributed by atoms with van der Waals surface area (Å²) in [7, 11) is -2.94. The zero-order chi connectivity index (χ0) is 14.5. The molecule has 0 radical (unpaired) electrons. The number of rotatable bonds is 2. The molecule has 3 rings (SSSR count). The lowest BCUT2D eigenvalue weighted by atomic mass is 10.3. The summed E-state index contributed by atoms with van der Waals surface area (Å²) in [4.78, 5) is 1.03. The van der Waals surface area contributed by atoms with E-state index >= 15 is 0 Å². The summed E-state index contributed by atoms with van der Waals surface area (Å²) in [5.74, 6) is 0.866. The average Bonchev–Trinajstić information content (AvgIpc) is 2.99. The summed E-state index contributed by atoms with van der Waals surface area (Å²) < 4.78 is 25.9. The van der Waals surface area contributed by atoms with Gasteiger partial charge in [0.15, 0.2) is 9.84 Å². The Morgan fingerprint density at radius 3 is 2.80 bits per heavy atom. The van der Waals surface area contributed by atoms with Crippen LogP contribution in [0.4, 0.5) is 5.82 Å². The molecule has 2 aromatic rings. The summed E-state index contributed by atoms with van der Waals surface area (Å²) in [6.45, 7) is 2.02. The Labute approximate surface area is 129 Å². The maximum Gasteiger partial charge on any atom is 0.152 e. The van der Waals surface area contributed by atoms with Crippen LogP contribution in [-0.2, 0) is 9.84 Å². The van der Waals surface area contributed by atoms with Gasteiger partial charge in [0.25, 0.3) is 0 Å². The summed E-state index contributed by atoms with van der Waals surface area (Å²) in [5.41, 5.74) is 7.94. The summed E-state index contributed by atoms with van der Waals surface area (Å²) in [6.07, 6.45) is 0.584. The second kappa shape index (κ2) is 4.85. The van der Waals surface area contributed by atoms with E-state index in [-0.39, 0.29) is 17.5 Å². The highest BCUT2D eigenvalue weighted by Crippen LogP contribution is 2.36. The van der Waals surface area contributed by atoms with Gasteiger partial charge in [-0.1, -0.05) is 0 Å². The number of nitrogens with two attached hydrogens (primary N) is 1. The molecule has 1 aliphatic heterocycles. The number of aryl methyl sites for hydroxylation is 1. The fraction of sp³-hybridized carbons (Fsp3) is 0.417. The quantitative estimate of drug-likeness (QED) is 0.874. The molecule has 1 atom stereocenters. The fourth-order valence-electron chi connectivity index (χ4n) is 2.38. The summed E-state index contributed by atoms with van der Waals surface area (Å²) in [5, 5.41) is 4.50. The monoisotopic (exact) mass is 375 g/mol. The van der Waals surface area contributed by atoms with Gasteiger partial charge in [-0.15, -0.1) is 11.3 Å². The highest BCUT2D eigenvalue weighted by Gasteiger charge is 2.31. The highest BCUT2D eigenvalue weighted by atomic mass is 79.9. The third-order valence-electron chi connectivity index (χ3n) is 3.43. The molecule has 3 heterocycles. The second-order valence-corrected chi connectivity index (χ2v) is 9.62. The van der Waals surface area contributed by atoms with Crippen LogP contribution in [-0.4, -0.2) is 29.7 Å². The number of hydrogen-bond donors (Lipinski definition) is 1. The highest BCUT2D eigenvalue weighted by molar-refractivity contribution is 9.11. The molecule has 8 heteroatoms. The molecule has 1 aliphatic rings. The molecule has 5 nitrogen and oxygen atoms in total. The normalized spacial score (nSPS) is 21.4. The first kappa shape index (κ1) is 14.1. The predicted octanol–water partition coefficient (Wildman–Crippen LogP) is 2.62. The Morgan fingerprint density at radius 2 is 2.25 bits per heavy atom. The summed E-state index contributed by atoms with van der Waals surface area (Å²) >= 11 is 5.09. The SMILES string of the molecule is Cc1cc(-c2cc(N)n(C3CCS(=O)(=O)C3)n2)sc1Br. The van der Waals surface area contributed by atoms with Gasteiger partial charge in [0.1, 0.15) is 11.5 Å². The molecule has 108 valence electrons. The lowest BCUT2D eigenvalue weighted by Crippen LogP contribution is -2.14. The van der Waals surface area contributed by atoms with Gasteiger partial charge < -0.3 is 5.73 Å². The van der Waals surface area contributed by atoms with Crippen molar-refractivity contribution in [3.63, 3.8) is 0 Å². The first-order chi connectivity index (χ1) is 9.35. The van der Waals surface area contributed by atoms with E-state index in [2.05, 4.69) is 21.0 Å². The molecule has 1 saturated heterocycles. The van der Waals surface area contributed by atoms with Crippen molar-refractivity contribution < 1.29 is 8.42 Å². The predicted molar refractivity (Wildman–Crippen MR) is 84.7 cm³/mol. The maximum atomic E-state index is 11.6. The molecule has 0 bridgehead atoms. The van der Waals surface area contributed by atoms with E-state index in [1.807, 2.05) is 19.1 Å². The Balaban J connectivity index is 1.95. The minimum atomic E-state index is -2.94. The number of nitrogen functional groups attached to an aromatic ring is 1. The van der Waals surface area contributed by atoms with E-state index in [0.717, 1.165) is 19.9 Å². The van der Waals surface area contributed by atoms with Crippen LogP contribution < -0.4 is 5.73 Å². The van der Waals surface area contributed by atoms with Gasteiger partial charge in [0.2, 0.25) is 0 Å². The molecule has 0 saturated carbocycles. The fourth-order valence-corrected chi connectivity index (χ4v) is 5.56. The molecule has 0 aliphatic carbocycles. The number of aromatic nitrogens is 2. The van der Waals surface area contributed by atoms with E-state index in [4.69, 9.17) is 5.73 Å². The van der Waals surface area contributed by atoms with Gasteiger partial charge in [-0.25, -0.2) is 13.1 Å². The van der Waals surface area contributed by atoms with E-state index in [0.29, 0.717) is 12.2 Å². The lowest BCUT2D eigenvalue weighted by molar-refractivity contribution is 0.508. The van der Waals surface area contributed by atoms with E-state index < -0.39 is 9.84 Å². The Bertz CT molecular complexity index is 744. The van der Waals surface area contributed by atoms with Gasteiger partial charge in [0.05, 0.1) is 26.2 Å². The van der Waals surface area contributed by atoms with Crippen molar-refractivity contribution in [2.24, 2.45) is 0 Å². The molecule has 20 heavy (non-hydrogen) atoms. The lowest BCUT2D eigenvalue weighted by Gasteiger charge is -2.09. The number of halogens is 1. The van der Waals surface area contributed by atoms with Crippen molar-refractivity contribution in [3.8, 4) is 10.6 Å². The topological polar surface area (TPSA) is 78.0 Å². The minimum absolute atomic E-state index is 0.130. The van der Waals surface area contributed by atoms with Crippen molar-refractivity contribution in [2.45, 2.75) is 19.4 Å². The van der Waals surface area contributed by atoms with Gasteiger partial charge in [-0.2, -0.15) is 5.10 Å². The molecule has 0 amide bonds. The van der Waals surface area contributed by atoms with Gasteiger partial charge in [0, 0.05) is 6.07 Å². The molecular weight excluding hydrogens is 362 g/mol. The van der Waals surface area contributed by atoms with Crippen LogP contribution in [0.5, 0.6) is 0 Å². The zero-order valence-electron chi connectivity index (χ0n) is 10.8. The van der Waals surface area contributed by atoms with Gasteiger partial charge in [-0.3, -0.25) is 0 Å². The van der Waals surface area contributed by atoms with Crippen LogP contribution >= 0.6 is 27.3 Å². The number of thiophene rings is 1. The zero-order valence-corrected chi connectivity index (χ0v) is 14.1. The number of sulfone groups is 1. The van der Waals surface area contributed by atoms with E-state index in [1.165, 1.54) is 0 Å². The van der Waals surface area contributed by atoms with Crippen LogP contribution in [0.15, 0.2) is 15.9 Å². The van der Waals surface area contributed by atoms with Crippen LogP contribution in [0.2, 0.25) is 0 Å². The Kier molecular flexibility index (Phi) is 3.42. The van der Waals surface area contributed by atoms with Gasteiger partial charge in [-0.05, 0) is 40.9 Å². The first-order valence-corrected chi connectivity index (χ1v) is 9.60. The third-order valence-corrected chi connectivity index (χ3v) is 7.34.